The molecule has 18 heavy (non-hydrogen) atoms. The zero-order valence-electron chi connectivity index (χ0n) is 12.1. The van der Waals surface area contributed by atoms with Crippen molar-refractivity contribution in [1.82, 2.24) is 5.32 Å². The van der Waals surface area contributed by atoms with Gasteiger partial charge in [0.05, 0.1) is 0 Å². The Morgan fingerprint density at radius 1 is 1.11 bits per heavy atom. The van der Waals surface area contributed by atoms with E-state index in [2.05, 4.69) is 44.4 Å². The fourth-order valence-electron chi connectivity index (χ4n) is 3.31. The molecule has 1 N–H and O–H groups in total. The Morgan fingerprint density at radius 3 is 2.67 bits per heavy atom. The minimum Gasteiger partial charge on any atom is -0.317 e. The van der Waals surface area contributed by atoms with Crippen LogP contribution < -0.4 is 5.32 Å². The molecule has 0 amide bonds. The molecule has 0 aliphatic heterocycles. The third-order valence-electron chi connectivity index (χ3n) is 4.52. The molecule has 1 nitrogen and oxygen atoms in total. The number of hydrogen-bond acceptors (Lipinski definition) is 1. The van der Waals surface area contributed by atoms with Crippen LogP contribution in [0, 0.1) is 19.8 Å². The average Bonchev–Trinajstić information content (AvgIpc) is 2.59. The highest BCUT2D eigenvalue weighted by atomic mass is 14.9. The van der Waals surface area contributed by atoms with Gasteiger partial charge < -0.3 is 5.32 Å². The molecule has 0 radical (unpaired) electrons. The summed E-state index contributed by atoms with van der Waals surface area (Å²) in [6.45, 7) is 4.45. The lowest BCUT2D eigenvalue weighted by Gasteiger charge is -2.25. The molecule has 1 fully saturated rings. The highest BCUT2D eigenvalue weighted by Crippen LogP contribution is 2.27. The van der Waals surface area contributed by atoms with Crippen molar-refractivity contribution in [2.45, 2.75) is 58.4 Å². The van der Waals surface area contributed by atoms with Crippen molar-refractivity contribution in [2.75, 3.05) is 7.05 Å². The van der Waals surface area contributed by atoms with E-state index in [0.29, 0.717) is 6.04 Å². The number of benzene rings is 1. The second-order valence-electron chi connectivity index (χ2n) is 5.93. The molecule has 2 atom stereocenters. The molecule has 1 aromatic carbocycles. The van der Waals surface area contributed by atoms with Gasteiger partial charge in [-0.25, -0.2) is 0 Å². The predicted octanol–water partition coefficient (Wildman–Crippen LogP) is 4.01. The van der Waals surface area contributed by atoms with Crippen LogP contribution in [0.1, 0.15) is 48.8 Å². The first-order chi connectivity index (χ1) is 8.70. The minimum absolute atomic E-state index is 0.715. The molecule has 2 rings (SSSR count). The van der Waals surface area contributed by atoms with E-state index in [9.17, 15) is 0 Å². The van der Waals surface area contributed by atoms with Crippen molar-refractivity contribution in [3.8, 4) is 0 Å². The van der Waals surface area contributed by atoms with Crippen LogP contribution in [0.4, 0.5) is 0 Å². The largest absolute Gasteiger partial charge is 0.317 e. The maximum atomic E-state index is 3.55. The van der Waals surface area contributed by atoms with Crippen molar-refractivity contribution >= 4 is 0 Å². The van der Waals surface area contributed by atoms with Crippen LogP contribution in [0.25, 0.3) is 0 Å². The maximum absolute atomic E-state index is 3.55. The third-order valence-corrected chi connectivity index (χ3v) is 4.52. The van der Waals surface area contributed by atoms with E-state index in [-0.39, 0.29) is 0 Å². The van der Waals surface area contributed by atoms with Gasteiger partial charge in [0.1, 0.15) is 0 Å². The summed E-state index contributed by atoms with van der Waals surface area (Å²) in [5.74, 6) is 0.818. The molecule has 100 valence electrons. The summed E-state index contributed by atoms with van der Waals surface area (Å²) in [6.07, 6.45) is 8.22. The minimum atomic E-state index is 0.715. The standard InChI is InChI=1S/C17H27N/c1-13-9-10-14(2)16(11-13)12-15-7-5-4-6-8-17(15)18-3/h9-11,15,17-18H,4-8,12H2,1-3H3. The first-order valence-electron chi connectivity index (χ1n) is 7.44. The summed E-state index contributed by atoms with van der Waals surface area (Å²) >= 11 is 0. The van der Waals surface area contributed by atoms with E-state index in [1.54, 1.807) is 5.56 Å². The molecule has 1 aliphatic carbocycles. The zero-order valence-corrected chi connectivity index (χ0v) is 12.1. The van der Waals surface area contributed by atoms with Crippen LogP contribution in [0.2, 0.25) is 0 Å². The van der Waals surface area contributed by atoms with E-state index in [0.717, 1.165) is 5.92 Å². The molecule has 0 spiro atoms. The zero-order chi connectivity index (χ0) is 13.0. The fraction of sp³-hybridized carbons (Fsp3) is 0.647. The molecule has 0 aromatic heterocycles. The van der Waals surface area contributed by atoms with Crippen molar-refractivity contribution in [3.05, 3.63) is 34.9 Å². The van der Waals surface area contributed by atoms with Crippen LogP contribution >= 0.6 is 0 Å². The van der Waals surface area contributed by atoms with Crippen LogP contribution in [0.5, 0.6) is 0 Å². The van der Waals surface area contributed by atoms with E-state index >= 15 is 0 Å². The first kappa shape index (κ1) is 13.6. The van der Waals surface area contributed by atoms with Gasteiger partial charge in [0.25, 0.3) is 0 Å². The number of hydrogen-bond donors (Lipinski definition) is 1. The van der Waals surface area contributed by atoms with Crippen molar-refractivity contribution in [2.24, 2.45) is 5.92 Å². The van der Waals surface area contributed by atoms with Gasteiger partial charge in [0, 0.05) is 6.04 Å². The van der Waals surface area contributed by atoms with Gasteiger partial charge in [0.15, 0.2) is 0 Å². The SMILES string of the molecule is CNC1CCCCCC1Cc1cc(C)ccc1C. The van der Waals surface area contributed by atoms with Crippen molar-refractivity contribution in [1.29, 1.82) is 0 Å². The Bertz CT molecular complexity index is 383. The Morgan fingerprint density at radius 2 is 1.89 bits per heavy atom. The van der Waals surface area contributed by atoms with Gasteiger partial charge in [-0.1, -0.05) is 43.0 Å². The van der Waals surface area contributed by atoms with E-state index in [1.807, 2.05) is 0 Å². The molecule has 1 heteroatoms. The van der Waals surface area contributed by atoms with Crippen molar-refractivity contribution < 1.29 is 0 Å². The van der Waals surface area contributed by atoms with Crippen LogP contribution in [-0.2, 0) is 6.42 Å². The maximum Gasteiger partial charge on any atom is 0.00955 e. The number of nitrogens with one attached hydrogen (secondary N) is 1. The van der Waals surface area contributed by atoms with Crippen LogP contribution in [-0.4, -0.2) is 13.1 Å². The summed E-state index contributed by atoms with van der Waals surface area (Å²) in [4.78, 5) is 0. The van der Waals surface area contributed by atoms with Gasteiger partial charge in [-0.3, -0.25) is 0 Å². The van der Waals surface area contributed by atoms with Gasteiger partial charge in [-0.05, 0) is 57.2 Å². The second kappa shape index (κ2) is 6.38. The van der Waals surface area contributed by atoms with E-state index < -0.39 is 0 Å². The van der Waals surface area contributed by atoms with E-state index in [1.165, 1.54) is 49.7 Å². The van der Waals surface area contributed by atoms with Gasteiger partial charge >= 0.3 is 0 Å². The molecule has 1 saturated carbocycles. The average molecular weight is 245 g/mol. The summed E-state index contributed by atoms with van der Waals surface area (Å²) in [5.41, 5.74) is 4.41. The summed E-state index contributed by atoms with van der Waals surface area (Å²) in [5, 5.41) is 3.55. The lowest BCUT2D eigenvalue weighted by molar-refractivity contribution is 0.349. The Balaban J connectivity index is 2.12. The fourth-order valence-corrected chi connectivity index (χ4v) is 3.31. The van der Waals surface area contributed by atoms with Crippen LogP contribution in [0.15, 0.2) is 18.2 Å². The quantitative estimate of drug-likeness (QED) is 0.793. The molecular formula is C17H27N. The summed E-state index contributed by atoms with van der Waals surface area (Å²) < 4.78 is 0. The molecule has 0 saturated heterocycles. The highest BCUT2D eigenvalue weighted by molar-refractivity contribution is 5.31. The lowest BCUT2D eigenvalue weighted by Crippen LogP contribution is -2.34. The lowest BCUT2D eigenvalue weighted by atomic mass is 9.86. The highest BCUT2D eigenvalue weighted by Gasteiger charge is 2.22. The molecule has 1 aromatic rings. The number of aryl methyl sites for hydroxylation is 2. The second-order valence-corrected chi connectivity index (χ2v) is 5.93. The normalized spacial score (nSPS) is 24.8. The first-order valence-corrected chi connectivity index (χ1v) is 7.44. The molecule has 0 heterocycles. The Kier molecular flexibility index (Phi) is 4.82. The molecular weight excluding hydrogens is 218 g/mol. The van der Waals surface area contributed by atoms with Gasteiger partial charge in [-0.2, -0.15) is 0 Å². The predicted molar refractivity (Wildman–Crippen MR) is 79.0 cm³/mol. The smallest absolute Gasteiger partial charge is 0.00955 e. The summed E-state index contributed by atoms with van der Waals surface area (Å²) in [6, 6.07) is 7.59. The third kappa shape index (κ3) is 3.35. The molecule has 0 bridgehead atoms. The Labute approximate surface area is 112 Å². The van der Waals surface area contributed by atoms with Crippen LogP contribution in [0.3, 0.4) is 0 Å². The van der Waals surface area contributed by atoms with Crippen molar-refractivity contribution in [3.63, 3.8) is 0 Å². The topological polar surface area (TPSA) is 12.0 Å². The molecule has 1 aliphatic rings. The van der Waals surface area contributed by atoms with Gasteiger partial charge in [-0.15, -0.1) is 0 Å². The molecule has 2 unspecified atom stereocenters. The van der Waals surface area contributed by atoms with E-state index in [4.69, 9.17) is 0 Å². The van der Waals surface area contributed by atoms with Gasteiger partial charge in [0.2, 0.25) is 0 Å². The number of rotatable bonds is 3. The Hall–Kier alpha value is -0.820. The summed E-state index contributed by atoms with van der Waals surface area (Å²) in [7, 11) is 2.13. The monoisotopic (exact) mass is 245 g/mol.